The molecule has 5 heteroatoms. The van der Waals surface area contributed by atoms with Gasteiger partial charge in [-0.15, -0.1) is 0 Å². The first kappa shape index (κ1) is 30.9. The summed E-state index contributed by atoms with van der Waals surface area (Å²) in [5, 5.41) is 3.38. The third-order valence-corrected chi connectivity index (χ3v) is 6.97. The lowest BCUT2D eigenvalue weighted by Gasteiger charge is -2.08. The van der Waals surface area contributed by atoms with Crippen LogP contribution in [0.3, 0.4) is 0 Å². The third kappa shape index (κ3) is 10.1. The topological polar surface area (TPSA) is 56.5 Å². The number of anilines is 3. The summed E-state index contributed by atoms with van der Waals surface area (Å²) in [4.78, 5) is 0. The van der Waals surface area contributed by atoms with Crippen molar-refractivity contribution in [1.29, 1.82) is 0 Å². The lowest BCUT2D eigenvalue weighted by Crippen LogP contribution is -1.90. The molecule has 0 atom stereocenters. The number of methoxy groups -OCH3 is 2. The first-order valence-electron chi connectivity index (χ1n) is 13.8. The number of hydrogen-bond donors (Lipinski definition) is 2. The van der Waals surface area contributed by atoms with Gasteiger partial charge in [-0.05, 0) is 95.1 Å². The Hall–Kier alpha value is -5.00. The standard InChI is InChI=1S/C19H17NO.C12H9Br.C7H9NO/c1-21-19-13-11-18(12-14-19)20-17-9-7-16(8-10-17)15-5-3-2-4-6-15;13-12-8-6-11(7-9-12)10-4-2-1-3-5-10;1-9-7-4-2-6(8)3-5-7/h2-14,20H,1H3;1-9H;2-5H,8H2,1H3. The molecule has 216 valence electrons. The summed E-state index contributed by atoms with van der Waals surface area (Å²) in [6.45, 7) is 0. The van der Waals surface area contributed by atoms with Crippen molar-refractivity contribution in [2.75, 3.05) is 25.3 Å². The summed E-state index contributed by atoms with van der Waals surface area (Å²) < 4.78 is 11.2. The smallest absolute Gasteiger partial charge is 0.119 e. The maximum absolute atomic E-state index is 5.43. The van der Waals surface area contributed by atoms with E-state index in [4.69, 9.17) is 15.2 Å². The fourth-order valence-corrected chi connectivity index (χ4v) is 4.36. The molecular weight excluding hydrogens is 596 g/mol. The number of nitrogens with one attached hydrogen (secondary N) is 1. The molecule has 0 radical (unpaired) electrons. The molecule has 0 aliphatic heterocycles. The molecule has 0 fully saturated rings. The van der Waals surface area contributed by atoms with Gasteiger partial charge in [-0.3, -0.25) is 0 Å². The van der Waals surface area contributed by atoms with Crippen LogP contribution < -0.4 is 20.5 Å². The van der Waals surface area contributed by atoms with E-state index in [1.807, 2.05) is 48.5 Å². The molecule has 6 aromatic carbocycles. The Bertz CT molecular complexity index is 1620. The predicted octanol–water partition coefficient (Wildman–Crippen LogP) is 10.5. The highest BCUT2D eigenvalue weighted by molar-refractivity contribution is 9.10. The lowest BCUT2D eigenvalue weighted by atomic mass is 10.1. The summed E-state index contributed by atoms with van der Waals surface area (Å²) in [5.41, 5.74) is 13.3. The Morgan fingerprint density at radius 1 is 0.442 bits per heavy atom. The van der Waals surface area contributed by atoms with E-state index in [9.17, 15) is 0 Å². The predicted molar refractivity (Wildman–Crippen MR) is 185 cm³/mol. The highest BCUT2D eigenvalue weighted by Gasteiger charge is 1.99. The average Bonchev–Trinajstić information content (AvgIpc) is 3.08. The van der Waals surface area contributed by atoms with Crippen molar-refractivity contribution in [3.8, 4) is 33.8 Å². The summed E-state index contributed by atoms with van der Waals surface area (Å²) in [6.07, 6.45) is 0. The summed E-state index contributed by atoms with van der Waals surface area (Å²) in [6, 6.07) is 52.7. The van der Waals surface area contributed by atoms with E-state index >= 15 is 0 Å². The zero-order valence-corrected chi connectivity index (χ0v) is 25.9. The molecular formula is C38H35BrN2O2. The fraction of sp³-hybridized carbons (Fsp3) is 0.0526. The Morgan fingerprint density at radius 3 is 1.21 bits per heavy atom. The normalized spacial score (nSPS) is 9.84. The van der Waals surface area contributed by atoms with Crippen LogP contribution in [0, 0.1) is 0 Å². The molecule has 0 bridgehead atoms. The second-order valence-electron chi connectivity index (χ2n) is 9.44. The number of nitrogen functional groups attached to an aromatic ring is 1. The molecule has 0 aliphatic carbocycles. The van der Waals surface area contributed by atoms with Crippen molar-refractivity contribution in [3.05, 3.63) is 162 Å². The van der Waals surface area contributed by atoms with Gasteiger partial charge in [-0.2, -0.15) is 0 Å². The molecule has 0 aromatic heterocycles. The quantitative estimate of drug-likeness (QED) is 0.180. The Morgan fingerprint density at radius 2 is 0.791 bits per heavy atom. The number of nitrogens with two attached hydrogens (primary N) is 1. The van der Waals surface area contributed by atoms with Crippen LogP contribution in [0.2, 0.25) is 0 Å². The number of benzene rings is 6. The van der Waals surface area contributed by atoms with Crippen LogP contribution >= 0.6 is 15.9 Å². The van der Waals surface area contributed by atoms with Crippen LogP contribution in [0.25, 0.3) is 22.3 Å². The van der Waals surface area contributed by atoms with E-state index in [2.05, 4.69) is 118 Å². The van der Waals surface area contributed by atoms with Crippen molar-refractivity contribution in [1.82, 2.24) is 0 Å². The molecule has 0 heterocycles. The zero-order valence-electron chi connectivity index (χ0n) is 24.3. The van der Waals surface area contributed by atoms with Crippen molar-refractivity contribution >= 4 is 33.0 Å². The largest absolute Gasteiger partial charge is 0.497 e. The zero-order chi connectivity index (χ0) is 30.3. The number of ether oxygens (including phenoxy) is 2. The van der Waals surface area contributed by atoms with Gasteiger partial charge in [0.15, 0.2) is 0 Å². The fourth-order valence-electron chi connectivity index (χ4n) is 4.09. The van der Waals surface area contributed by atoms with Crippen LogP contribution in [0.15, 0.2) is 162 Å². The highest BCUT2D eigenvalue weighted by Crippen LogP contribution is 2.24. The van der Waals surface area contributed by atoms with Gasteiger partial charge in [0.25, 0.3) is 0 Å². The Labute approximate surface area is 262 Å². The molecule has 3 N–H and O–H groups in total. The van der Waals surface area contributed by atoms with E-state index in [1.54, 1.807) is 26.4 Å². The van der Waals surface area contributed by atoms with Crippen LogP contribution in [-0.2, 0) is 0 Å². The average molecular weight is 632 g/mol. The first-order chi connectivity index (χ1) is 21.0. The van der Waals surface area contributed by atoms with Crippen LogP contribution in [0.1, 0.15) is 0 Å². The van der Waals surface area contributed by atoms with Crippen molar-refractivity contribution in [2.24, 2.45) is 0 Å². The van der Waals surface area contributed by atoms with Crippen molar-refractivity contribution in [3.63, 3.8) is 0 Å². The molecule has 6 rings (SSSR count). The maximum atomic E-state index is 5.43. The highest BCUT2D eigenvalue weighted by atomic mass is 79.9. The third-order valence-electron chi connectivity index (χ3n) is 6.44. The van der Waals surface area contributed by atoms with E-state index in [1.165, 1.54) is 22.3 Å². The molecule has 0 amide bonds. The van der Waals surface area contributed by atoms with Crippen molar-refractivity contribution in [2.45, 2.75) is 0 Å². The van der Waals surface area contributed by atoms with Gasteiger partial charge in [0.1, 0.15) is 11.5 Å². The van der Waals surface area contributed by atoms with Gasteiger partial charge in [0.2, 0.25) is 0 Å². The molecule has 6 aromatic rings. The summed E-state index contributed by atoms with van der Waals surface area (Å²) >= 11 is 3.42. The summed E-state index contributed by atoms with van der Waals surface area (Å²) in [7, 11) is 3.30. The monoisotopic (exact) mass is 630 g/mol. The van der Waals surface area contributed by atoms with Gasteiger partial charge in [-0.25, -0.2) is 0 Å². The molecule has 0 unspecified atom stereocenters. The number of rotatable bonds is 6. The molecule has 0 aliphatic rings. The van der Waals surface area contributed by atoms with Gasteiger partial charge < -0.3 is 20.5 Å². The minimum Gasteiger partial charge on any atom is -0.497 e. The lowest BCUT2D eigenvalue weighted by molar-refractivity contribution is 0.415. The van der Waals surface area contributed by atoms with Crippen molar-refractivity contribution < 1.29 is 9.47 Å². The van der Waals surface area contributed by atoms with E-state index < -0.39 is 0 Å². The molecule has 0 saturated heterocycles. The number of hydrogen-bond acceptors (Lipinski definition) is 4. The van der Waals surface area contributed by atoms with E-state index in [0.717, 1.165) is 33.0 Å². The molecule has 0 spiro atoms. The summed E-state index contributed by atoms with van der Waals surface area (Å²) in [5.74, 6) is 1.70. The minimum absolute atomic E-state index is 0.760. The molecule has 0 saturated carbocycles. The maximum Gasteiger partial charge on any atom is 0.119 e. The van der Waals surface area contributed by atoms with E-state index in [0.29, 0.717) is 0 Å². The Kier molecular flexibility index (Phi) is 11.8. The van der Waals surface area contributed by atoms with Gasteiger partial charge in [0, 0.05) is 21.5 Å². The van der Waals surface area contributed by atoms with Gasteiger partial charge in [-0.1, -0.05) is 101 Å². The SMILES string of the molecule is Brc1ccc(-c2ccccc2)cc1.COc1ccc(N)cc1.COc1ccc(Nc2ccc(-c3ccccc3)cc2)cc1. The molecule has 4 nitrogen and oxygen atoms in total. The van der Waals surface area contributed by atoms with Crippen LogP contribution in [0.5, 0.6) is 11.5 Å². The first-order valence-corrected chi connectivity index (χ1v) is 14.6. The second kappa shape index (κ2) is 16.4. The van der Waals surface area contributed by atoms with Crippen LogP contribution in [-0.4, -0.2) is 14.2 Å². The van der Waals surface area contributed by atoms with Gasteiger partial charge in [0.05, 0.1) is 14.2 Å². The van der Waals surface area contributed by atoms with E-state index in [-0.39, 0.29) is 0 Å². The second-order valence-corrected chi connectivity index (χ2v) is 10.4. The van der Waals surface area contributed by atoms with Crippen LogP contribution in [0.4, 0.5) is 17.1 Å². The Balaban J connectivity index is 0.000000163. The minimum atomic E-state index is 0.760. The van der Waals surface area contributed by atoms with Gasteiger partial charge >= 0.3 is 0 Å². The molecule has 43 heavy (non-hydrogen) atoms. The number of halogens is 1.